The molecule has 0 aromatic heterocycles. The second-order valence-electron chi connectivity index (χ2n) is 7.50. The zero-order valence-electron chi connectivity index (χ0n) is 17.7. The Hall–Kier alpha value is -0.940. The van der Waals surface area contributed by atoms with Crippen LogP contribution >= 0.6 is 0 Å². The highest BCUT2D eigenvalue weighted by atomic mass is 32.2. The van der Waals surface area contributed by atoms with Crippen molar-refractivity contribution in [2.24, 2.45) is 10.9 Å². The number of hydrogen-bond donors (Lipinski definition) is 3. The molecular formula is C19H38N4O5S. The molecule has 2 aliphatic heterocycles. The lowest BCUT2D eigenvalue weighted by atomic mass is 10.1. The van der Waals surface area contributed by atoms with Crippen LogP contribution in [0.2, 0.25) is 0 Å². The number of aliphatic imine (C=N–C) groups is 1. The minimum absolute atomic E-state index is 0.00327. The number of ether oxygens (including phenoxy) is 3. The first-order valence-corrected chi connectivity index (χ1v) is 12.5. The average Bonchev–Trinajstić information content (AvgIpc) is 3.23. The van der Waals surface area contributed by atoms with Gasteiger partial charge in [0.25, 0.3) is 0 Å². The van der Waals surface area contributed by atoms with Gasteiger partial charge in [0.05, 0.1) is 25.1 Å². The fraction of sp³-hybridized carbons (Fsp3) is 0.947. The van der Waals surface area contributed by atoms with Crippen LogP contribution in [0, 0.1) is 5.92 Å². The van der Waals surface area contributed by atoms with Crippen LogP contribution in [-0.2, 0) is 24.2 Å². The van der Waals surface area contributed by atoms with Gasteiger partial charge in [-0.3, -0.25) is 4.99 Å². The molecule has 9 nitrogen and oxygen atoms in total. The molecule has 3 N–H and O–H groups in total. The molecule has 2 aliphatic rings. The van der Waals surface area contributed by atoms with Crippen molar-refractivity contribution in [3.8, 4) is 0 Å². The fourth-order valence-corrected chi connectivity index (χ4v) is 4.18. The quantitative estimate of drug-likeness (QED) is 0.220. The molecule has 29 heavy (non-hydrogen) atoms. The van der Waals surface area contributed by atoms with Crippen LogP contribution < -0.4 is 15.4 Å². The minimum Gasteiger partial charge on any atom is -0.381 e. The first kappa shape index (κ1) is 24.3. The summed E-state index contributed by atoms with van der Waals surface area (Å²) < 4.78 is 43.5. The van der Waals surface area contributed by atoms with Gasteiger partial charge in [-0.1, -0.05) is 0 Å². The molecule has 170 valence electrons. The third kappa shape index (κ3) is 11.1. The zero-order valence-corrected chi connectivity index (χ0v) is 18.5. The smallest absolute Gasteiger partial charge is 0.213 e. The minimum atomic E-state index is -3.34. The van der Waals surface area contributed by atoms with Gasteiger partial charge in [0.15, 0.2) is 5.96 Å². The Morgan fingerprint density at radius 1 is 1.21 bits per heavy atom. The van der Waals surface area contributed by atoms with Gasteiger partial charge in [-0.25, -0.2) is 13.1 Å². The summed E-state index contributed by atoms with van der Waals surface area (Å²) in [5.41, 5.74) is 0. The van der Waals surface area contributed by atoms with Crippen molar-refractivity contribution in [2.45, 2.75) is 45.1 Å². The maximum absolute atomic E-state index is 12.2. The molecule has 0 saturated carbocycles. The Kier molecular flexibility index (Phi) is 11.9. The van der Waals surface area contributed by atoms with E-state index in [0.717, 1.165) is 58.5 Å². The van der Waals surface area contributed by atoms with Gasteiger partial charge < -0.3 is 24.8 Å². The topological polar surface area (TPSA) is 110 Å². The summed E-state index contributed by atoms with van der Waals surface area (Å²) in [6, 6.07) is 0. The standard InChI is InChI=1S/C19H38N4O5S/c1-2-20-19(21-8-5-10-26-15-17-7-12-27-16-17)22-9-13-29(24,25)23-14-18-6-3-4-11-28-18/h17-18,23H,2-16H2,1H3,(H2,20,21,22). The van der Waals surface area contributed by atoms with Gasteiger partial charge in [-0.2, -0.15) is 0 Å². The normalized spacial score (nSPS) is 23.3. The molecule has 2 unspecified atom stereocenters. The van der Waals surface area contributed by atoms with E-state index in [1.807, 2.05) is 6.92 Å². The van der Waals surface area contributed by atoms with Gasteiger partial charge in [0, 0.05) is 51.9 Å². The highest BCUT2D eigenvalue weighted by molar-refractivity contribution is 7.89. The summed E-state index contributed by atoms with van der Waals surface area (Å²) in [5, 5.41) is 6.22. The predicted octanol–water partition coefficient (Wildman–Crippen LogP) is 0.473. The second-order valence-corrected chi connectivity index (χ2v) is 9.43. The molecule has 2 atom stereocenters. The van der Waals surface area contributed by atoms with Crippen LogP contribution in [0.1, 0.15) is 39.0 Å². The molecule has 0 bridgehead atoms. The van der Waals surface area contributed by atoms with E-state index in [2.05, 4.69) is 20.3 Å². The van der Waals surface area contributed by atoms with Crippen molar-refractivity contribution < 1.29 is 22.6 Å². The molecule has 2 fully saturated rings. The molecular weight excluding hydrogens is 396 g/mol. The average molecular weight is 435 g/mol. The molecule has 2 saturated heterocycles. The van der Waals surface area contributed by atoms with Gasteiger partial charge in [0.2, 0.25) is 10.0 Å². The SMILES string of the molecule is CCNC(=NCCCOCC1CCOC1)NCCS(=O)(=O)NCC1CCCCO1. The summed E-state index contributed by atoms with van der Waals surface area (Å²) in [4.78, 5) is 4.48. The summed E-state index contributed by atoms with van der Waals surface area (Å²) in [5.74, 6) is 1.15. The maximum atomic E-state index is 12.2. The number of sulfonamides is 1. The van der Waals surface area contributed by atoms with Crippen LogP contribution in [0.15, 0.2) is 4.99 Å². The van der Waals surface area contributed by atoms with E-state index in [1.165, 1.54) is 0 Å². The first-order chi connectivity index (χ1) is 14.1. The lowest BCUT2D eigenvalue weighted by Crippen LogP contribution is -2.42. The molecule has 0 aliphatic carbocycles. The fourth-order valence-electron chi connectivity index (χ4n) is 3.23. The number of nitrogens with one attached hydrogen (secondary N) is 3. The van der Waals surface area contributed by atoms with Gasteiger partial charge in [0.1, 0.15) is 0 Å². The van der Waals surface area contributed by atoms with Gasteiger partial charge in [-0.05, 0) is 39.0 Å². The van der Waals surface area contributed by atoms with Crippen molar-refractivity contribution in [1.29, 1.82) is 0 Å². The highest BCUT2D eigenvalue weighted by Gasteiger charge is 2.18. The van der Waals surface area contributed by atoms with Crippen molar-refractivity contribution in [3.63, 3.8) is 0 Å². The lowest BCUT2D eigenvalue weighted by molar-refractivity contribution is 0.0200. The van der Waals surface area contributed by atoms with Crippen LogP contribution in [0.3, 0.4) is 0 Å². The Morgan fingerprint density at radius 2 is 2.10 bits per heavy atom. The van der Waals surface area contributed by atoms with E-state index in [0.29, 0.717) is 44.7 Å². The van der Waals surface area contributed by atoms with E-state index in [4.69, 9.17) is 14.2 Å². The largest absolute Gasteiger partial charge is 0.381 e. The molecule has 0 spiro atoms. The number of guanidine groups is 1. The monoisotopic (exact) mass is 434 g/mol. The third-order valence-corrected chi connectivity index (χ3v) is 6.25. The summed E-state index contributed by atoms with van der Waals surface area (Å²) in [7, 11) is -3.34. The highest BCUT2D eigenvalue weighted by Crippen LogP contribution is 2.12. The van der Waals surface area contributed by atoms with E-state index in [9.17, 15) is 8.42 Å². The molecule has 0 amide bonds. The van der Waals surface area contributed by atoms with Crippen LogP contribution in [-0.4, -0.2) is 85.4 Å². The van der Waals surface area contributed by atoms with E-state index in [1.54, 1.807) is 0 Å². The Balaban J connectivity index is 1.57. The molecule has 0 radical (unpaired) electrons. The van der Waals surface area contributed by atoms with E-state index in [-0.39, 0.29) is 11.9 Å². The van der Waals surface area contributed by atoms with Crippen molar-refractivity contribution in [3.05, 3.63) is 0 Å². The number of hydrogen-bond acceptors (Lipinski definition) is 6. The summed E-state index contributed by atoms with van der Waals surface area (Å²) >= 11 is 0. The zero-order chi connectivity index (χ0) is 20.8. The number of rotatable bonds is 13. The molecule has 0 aromatic carbocycles. The number of nitrogens with zero attached hydrogens (tertiary/aromatic N) is 1. The molecule has 0 aromatic rings. The Labute approximate surface area is 175 Å². The molecule has 2 heterocycles. The second kappa shape index (κ2) is 14.1. The first-order valence-electron chi connectivity index (χ1n) is 10.9. The van der Waals surface area contributed by atoms with Crippen LogP contribution in [0.5, 0.6) is 0 Å². The van der Waals surface area contributed by atoms with Gasteiger partial charge in [-0.15, -0.1) is 0 Å². The van der Waals surface area contributed by atoms with Crippen molar-refractivity contribution in [1.82, 2.24) is 15.4 Å². The van der Waals surface area contributed by atoms with E-state index < -0.39 is 10.0 Å². The van der Waals surface area contributed by atoms with Crippen molar-refractivity contribution in [2.75, 3.05) is 65.0 Å². The predicted molar refractivity (Wildman–Crippen MR) is 114 cm³/mol. The Bertz CT molecular complexity index is 561. The molecule has 2 rings (SSSR count). The molecule has 10 heteroatoms. The van der Waals surface area contributed by atoms with E-state index >= 15 is 0 Å². The maximum Gasteiger partial charge on any atom is 0.213 e. The van der Waals surface area contributed by atoms with Crippen LogP contribution in [0.25, 0.3) is 0 Å². The van der Waals surface area contributed by atoms with Crippen LogP contribution in [0.4, 0.5) is 0 Å². The summed E-state index contributed by atoms with van der Waals surface area (Å²) in [6.45, 7) is 7.75. The summed E-state index contributed by atoms with van der Waals surface area (Å²) in [6.07, 6.45) is 4.96. The third-order valence-electron chi connectivity index (χ3n) is 4.91. The Morgan fingerprint density at radius 3 is 2.83 bits per heavy atom. The van der Waals surface area contributed by atoms with Crippen molar-refractivity contribution >= 4 is 16.0 Å². The van der Waals surface area contributed by atoms with Gasteiger partial charge >= 0.3 is 0 Å². The lowest BCUT2D eigenvalue weighted by Gasteiger charge is -2.22.